The summed E-state index contributed by atoms with van der Waals surface area (Å²) in [4.78, 5) is 25.3. The molecule has 1 saturated heterocycles. The lowest BCUT2D eigenvalue weighted by Crippen LogP contribution is -2.59. The van der Waals surface area contributed by atoms with E-state index in [2.05, 4.69) is 0 Å². The van der Waals surface area contributed by atoms with E-state index < -0.39 is 29.8 Å². The summed E-state index contributed by atoms with van der Waals surface area (Å²) in [6, 6.07) is -0.708. The van der Waals surface area contributed by atoms with Gasteiger partial charge in [0.05, 0.1) is 6.04 Å². The van der Waals surface area contributed by atoms with Gasteiger partial charge in [0.25, 0.3) is 0 Å². The lowest BCUT2D eigenvalue weighted by atomic mass is 10.1. The fourth-order valence-electron chi connectivity index (χ4n) is 2.18. The monoisotopic (exact) mass is 326 g/mol. The molecule has 9 heteroatoms. The predicted octanol–water partition coefficient (Wildman–Crippen LogP) is 1.38. The summed E-state index contributed by atoms with van der Waals surface area (Å²) in [7, 11) is 0. The molecule has 6 nitrogen and oxygen atoms in total. The standard InChI is InChI=1S/C13H21F3N2O4/c1-12(2,3)22-11(21)18-6-5-17(8-9(18)4-7-19)10(20)13(14,15)16/h9,19H,4-8H2,1-3H3. The lowest BCUT2D eigenvalue weighted by Gasteiger charge is -2.41. The van der Waals surface area contributed by atoms with Gasteiger partial charge in [0.2, 0.25) is 0 Å². The van der Waals surface area contributed by atoms with Crippen LogP contribution < -0.4 is 0 Å². The van der Waals surface area contributed by atoms with Gasteiger partial charge in [0.1, 0.15) is 5.60 Å². The molecule has 1 N–H and O–H groups in total. The number of carbonyl (C=O) groups excluding carboxylic acids is 2. The zero-order valence-electron chi connectivity index (χ0n) is 12.8. The number of hydrogen-bond acceptors (Lipinski definition) is 4. The number of hydrogen-bond donors (Lipinski definition) is 1. The Morgan fingerprint density at radius 3 is 2.27 bits per heavy atom. The minimum absolute atomic E-state index is 0.0681. The van der Waals surface area contributed by atoms with E-state index in [9.17, 15) is 22.8 Å². The van der Waals surface area contributed by atoms with E-state index in [1.54, 1.807) is 20.8 Å². The van der Waals surface area contributed by atoms with Crippen LogP contribution in [-0.2, 0) is 9.53 Å². The van der Waals surface area contributed by atoms with E-state index in [1.165, 1.54) is 4.90 Å². The summed E-state index contributed by atoms with van der Waals surface area (Å²) in [5, 5.41) is 9.03. The SMILES string of the molecule is CC(C)(C)OC(=O)N1CCN(C(=O)C(F)(F)F)CC1CCO. The van der Waals surface area contributed by atoms with Gasteiger partial charge in [-0.2, -0.15) is 13.2 Å². The summed E-state index contributed by atoms with van der Waals surface area (Å²) >= 11 is 0. The van der Waals surface area contributed by atoms with Gasteiger partial charge in [0.15, 0.2) is 0 Å². The highest BCUT2D eigenvalue weighted by atomic mass is 19.4. The minimum Gasteiger partial charge on any atom is -0.444 e. The molecular weight excluding hydrogens is 305 g/mol. The van der Waals surface area contributed by atoms with Crippen molar-refractivity contribution in [3.05, 3.63) is 0 Å². The van der Waals surface area contributed by atoms with Gasteiger partial charge in [-0.3, -0.25) is 4.79 Å². The number of aliphatic hydroxyl groups is 1. The van der Waals surface area contributed by atoms with Gasteiger partial charge in [-0.25, -0.2) is 4.79 Å². The van der Waals surface area contributed by atoms with Gasteiger partial charge < -0.3 is 19.6 Å². The third-order valence-corrected chi connectivity index (χ3v) is 3.10. The molecule has 1 aliphatic rings. The number of carbonyl (C=O) groups is 2. The summed E-state index contributed by atoms with van der Waals surface area (Å²) in [6.45, 7) is 4.15. The summed E-state index contributed by atoms with van der Waals surface area (Å²) in [6.07, 6.45) is -5.54. The first-order chi connectivity index (χ1) is 9.95. The van der Waals surface area contributed by atoms with Crippen LogP contribution >= 0.6 is 0 Å². The molecule has 1 fully saturated rings. The van der Waals surface area contributed by atoms with Gasteiger partial charge in [-0.1, -0.05) is 0 Å². The Balaban J connectivity index is 2.80. The van der Waals surface area contributed by atoms with E-state index in [4.69, 9.17) is 9.84 Å². The molecule has 1 heterocycles. The van der Waals surface area contributed by atoms with Crippen molar-refractivity contribution in [2.24, 2.45) is 0 Å². The lowest BCUT2D eigenvalue weighted by molar-refractivity contribution is -0.188. The maximum absolute atomic E-state index is 12.5. The van der Waals surface area contributed by atoms with E-state index in [0.29, 0.717) is 4.90 Å². The van der Waals surface area contributed by atoms with Crippen LogP contribution in [0.5, 0.6) is 0 Å². The Bertz CT molecular complexity index is 420. The number of alkyl halides is 3. The molecule has 0 saturated carbocycles. The molecule has 0 spiro atoms. The molecule has 1 rings (SSSR count). The van der Waals surface area contributed by atoms with Crippen molar-refractivity contribution < 1.29 is 32.6 Å². The quantitative estimate of drug-likeness (QED) is 0.832. The molecule has 1 atom stereocenters. The molecule has 1 aliphatic heterocycles. The maximum atomic E-state index is 12.5. The second-order valence-electron chi connectivity index (χ2n) is 6.09. The molecule has 0 aromatic rings. The molecule has 0 radical (unpaired) electrons. The van der Waals surface area contributed by atoms with E-state index in [-0.39, 0.29) is 32.7 Å². The van der Waals surface area contributed by atoms with Crippen LogP contribution in [-0.4, -0.2) is 71.0 Å². The highest BCUT2D eigenvalue weighted by Crippen LogP contribution is 2.23. The van der Waals surface area contributed by atoms with Crippen molar-refractivity contribution in [3.8, 4) is 0 Å². The molecule has 2 amide bonds. The van der Waals surface area contributed by atoms with Crippen LogP contribution in [0.3, 0.4) is 0 Å². The number of ether oxygens (including phenoxy) is 1. The Labute approximate surface area is 126 Å². The van der Waals surface area contributed by atoms with Crippen LogP contribution in [0.4, 0.5) is 18.0 Å². The van der Waals surface area contributed by atoms with Gasteiger partial charge in [0, 0.05) is 26.2 Å². The molecule has 0 aromatic carbocycles. The minimum atomic E-state index is -4.95. The van der Waals surface area contributed by atoms with Crippen molar-refractivity contribution in [3.63, 3.8) is 0 Å². The maximum Gasteiger partial charge on any atom is 0.471 e. The van der Waals surface area contributed by atoms with E-state index >= 15 is 0 Å². The zero-order valence-corrected chi connectivity index (χ0v) is 12.8. The average molecular weight is 326 g/mol. The third-order valence-electron chi connectivity index (χ3n) is 3.10. The zero-order chi connectivity index (χ0) is 17.1. The second-order valence-corrected chi connectivity index (χ2v) is 6.09. The van der Waals surface area contributed by atoms with Crippen LogP contribution in [0.2, 0.25) is 0 Å². The van der Waals surface area contributed by atoms with Gasteiger partial charge in [-0.05, 0) is 27.2 Å². The first kappa shape index (κ1) is 18.5. The Kier molecular flexibility index (Phi) is 5.66. The third kappa shape index (κ3) is 5.04. The number of amides is 2. The number of rotatable bonds is 2. The largest absolute Gasteiger partial charge is 0.471 e. The Morgan fingerprint density at radius 1 is 1.23 bits per heavy atom. The van der Waals surface area contributed by atoms with Crippen molar-refractivity contribution in [2.45, 2.75) is 45.0 Å². The van der Waals surface area contributed by atoms with Crippen molar-refractivity contribution in [2.75, 3.05) is 26.2 Å². The second kappa shape index (κ2) is 6.72. The Hall–Kier alpha value is -1.51. The molecule has 1 unspecified atom stereocenters. The highest BCUT2D eigenvalue weighted by Gasteiger charge is 2.45. The molecular formula is C13H21F3N2O4. The molecule has 0 aromatic heterocycles. The summed E-state index contributed by atoms with van der Waals surface area (Å²) < 4.78 is 42.6. The van der Waals surface area contributed by atoms with Crippen molar-refractivity contribution >= 4 is 12.0 Å². The number of nitrogens with zero attached hydrogens (tertiary/aromatic N) is 2. The van der Waals surface area contributed by atoms with Crippen LogP contribution in [0.1, 0.15) is 27.2 Å². The molecule has 0 aliphatic carbocycles. The number of piperazine rings is 1. The summed E-state index contributed by atoms with van der Waals surface area (Å²) in [5.74, 6) is -1.93. The number of halogens is 3. The molecule has 128 valence electrons. The average Bonchev–Trinajstić information content (AvgIpc) is 2.35. The van der Waals surface area contributed by atoms with Crippen molar-refractivity contribution in [1.82, 2.24) is 9.80 Å². The van der Waals surface area contributed by atoms with Crippen LogP contribution in [0.15, 0.2) is 0 Å². The fourth-order valence-corrected chi connectivity index (χ4v) is 2.18. The first-order valence-corrected chi connectivity index (χ1v) is 6.92. The highest BCUT2D eigenvalue weighted by molar-refractivity contribution is 5.82. The predicted molar refractivity (Wildman–Crippen MR) is 71.1 cm³/mol. The van der Waals surface area contributed by atoms with Crippen molar-refractivity contribution in [1.29, 1.82) is 0 Å². The molecule has 0 bridgehead atoms. The smallest absolute Gasteiger partial charge is 0.444 e. The van der Waals surface area contributed by atoms with E-state index in [0.717, 1.165) is 0 Å². The number of aliphatic hydroxyl groups excluding tert-OH is 1. The fraction of sp³-hybridized carbons (Fsp3) is 0.846. The molecule has 22 heavy (non-hydrogen) atoms. The summed E-state index contributed by atoms with van der Waals surface area (Å²) in [5.41, 5.74) is -0.736. The van der Waals surface area contributed by atoms with Gasteiger partial charge >= 0.3 is 18.2 Å². The normalized spacial score (nSPS) is 20.0. The van der Waals surface area contributed by atoms with E-state index in [1.807, 2.05) is 0 Å². The van der Waals surface area contributed by atoms with Crippen LogP contribution in [0, 0.1) is 0 Å². The first-order valence-electron chi connectivity index (χ1n) is 6.92. The Morgan fingerprint density at radius 2 is 1.82 bits per heavy atom. The van der Waals surface area contributed by atoms with Gasteiger partial charge in [-0.15, -0.1) is 0 Å². The topological polar surface area (TPSA) is 70.1 Å². The van der Waals surface area contributed by atoms with Crippen LogP contribution in [0.25, 0.3) is 0 Å².